The molecule has 0 spiro atoms. The van der Waals surface area contributed by atoms with Crippen molar-refractivity contribution in [3.8, 4) is 0 Å². The van der Waals surface area contributed by atoms with E-state index in [0.717, 1.165) is 0 Å². The number of aryl methyl sites for hydroxylation is 1. The Balaban J connectivity index is 1.69. The summed E-state index contributed by atoms with van der Waals surface area (Å²) >= 11 is 0. The number of pyridine rings is 1. The van der Waals surface area contributed by atoms with Crippen LogP contribution < -0.4 is 10.9 Å². The van der Waals surface area contributed by atoms with Crippen molar-refractivity contribution in [1.29, 1.82) is 0 Å². The molecule has 1 aromatic heterocycles. The van der Waals surface area contributed by atoms with Gasteiger partial charge in [0.05, 0.1) is 5.69 Å². The van der Waals surface area contributed by atoms with E-state index in [1.54, 1.807) is 16.8 Å². The summed E-state index contributed by atoms with van der Waals surface area (Å²) in [6, 6.07) is 11.1. The molecule has 4 nitrogen and oxygen atoms in total. The van der Waals surface area contributed by atoms with Crippen molar-refractivity contribution < 1.29 is 4.79 Å². The van der Waals surface area contributed by atoms with Crippen molar-refractivity contribution in [2.75, 3.05) is 5.32 Å². The lowest BCUT2D eigenvalue weighted by molar-refractivity contribution is 0.102. The molecule has 0 radical (unpaired) electrons. The maximum absolute atomic E-state index is 12.4. The Morgan fingerprint density at radius 2 is 1.79 bits per heavy atom. The number of aromatic nitrogens is 1. The maximum Gasteiger partial charge on any atom is 0.255 e. The monoisotopic (exact) mass is 324 g/mol. The van der Waals surface area contributed by atoms with Gasteiger partial charge in [-0.05, 0) is 49.4 Å². The summed E-state index contributed by atoms with van der Waals surface area (Å²) in [6.45, 7) is 2.48. The Morgan fingerprint density at radius 3 is 2.46 bits per heavy atom. The van der Waals surface area contributed by atoms with E-state index in [1.807, 2.05) is 19.1 Å². The highest BCUT2D eigenvalue weighted by molar-refractivity contribution is 6.04. The summed E-state index contributed by atoms with van der Waals surface area (Å²) < 4.78 is 1.57. The van der Waals surface area contributed by atoms with Crippen LogP contribution in [0.5, 0.6) is 0 Å². The SMILES string of the molecule is CCn1cc(NC(=O)c2ccc(C3CCCCC3)cc2)ccc1=O. The van der Waals surface area contributed by atoms with E-state index < -0.39 is 0 Å². The Labute approximate surface area is 142 Å². The largest absolute Gasteiger partial charge is 0.321 e. The number of amides is 1. The molecule has 2 aromatic rings. The van der Waals surface area contributed by atoms with Gasteiger partial charge in [-0.3, -0.25) is 9.59 Å². The fraction of sp³-hybridized carbons (Fsp3) is 0.400. The first-order valence-electron chi connectivity index (χ1n) is 8.79. The second kappa shape index (κ2) is 7.47. The average molecular weight is 324 g/mol. The quantitative estimate of drug-likeness (QED) is 0.917. The van der Waals surface area contributed by atoms with Crippen LogP contribution in [0.15, 0.2) is 47.4 Å². The van der Waals surface area contributed by atoms with Gasteiger partial charge in [0.25, 0.3) is 11.5 Å². The van der Waals surface area contributed by atoms with Crippen molar-refractivity contribution in [2.45, 2.75) is 51.5 Å². The van der Waals surface area contributed by atoms with Gasteiger partial charge in [0, 0.05) is 24.4 Å². The number of hydrogen-bond donors (Lipinski definition) is 1. The third-order valence-electron chi connectivity index (χ3n) is 4.83. The van der Waals surface area contributed by atoms with Crippen LogP contribution in [0.4, 0.5) is 5.69 Å². The predicted molar refractivity (Wildman–Crippen MR) is 96.6 cm³/mol. The summed E-state index contributed by atoms with van der Waals surface area (Å²) in [5, 5.41) is 2.86. The second-order valence-electron chi connectivity index (χ2n) is 6.45. The number of carbonyl (C=O) groups excluding carboxylic acids is 1. The number of hydrogen-bond acceptors (Lipinski definition) is 2. The minimum Gasteiger partial charge on any atom is -0.321 e. The highest BCUT2D eigenvalue weighted by Gasteiger charge is 2.16. The summed E-state index contributed by atoms with van der Waals surface area (Å²) in [4.78, 5) is 24.0. The Bertz CT molecular complexity index is 756. The van der Waals surface area contributed by atoms with Gasteiger partial charge in [-0.2, -0.15) is 0 Å². The van der Waals surface area contributed by atoms with Crippen LogP contribution in [0.25, 0.3) is 0 Å². The number of nitrogens with one attached hydrogen (secondary N) is 1. The molecule has 1 aromatic carbocycles. The molecule has 1 saturated carbocycles. The molecule has 1 fully saturated rings. The zero-order valence-electron chi connectivity index (χ0n) is 14.1. The van der Waals surface area contributed by atoms with Crippen LogP contribution in [0.1, 0.15) is 60.9 Å². The van der Waals surface area contributed by atoms with Crippen LogP contribution in [0, 0.1) is 0 Å². The molecule has 0 aliphatic heterocycles. The van der Waals surface area contributed by atoms with Crippen molar-refractivity contribution in [3.05, 3.63) is 64.1 Å². The van der Waals surface area contributed by atoms with Gasteiger partial charge in [-0.25, -0.2) is 0 Å². The van der Waals surface area contributed by atoms with Crippen LogP contribution in [-0.2, 0) is 6.54 Å². The standard InChI is InChI=1S/C20H24N2O2/c1-2-22-14-18(12-13-19(22)23)21-20(24)17-10-8-16(9-11-17)15-6-4-3-5-7-15/h8-15H,2-7H2,1H3,(H,21,24). The number of nitrogens with zero attached hydrogens (tertiary/aromatic N) is 1. The lowest BCUT2D eigenvalue weighted by atomic mass is 9.84. The average Bonchev–Trinajstić information content (AvgIpc) is 2.64. The third kappa shape index (κ3) is 3.75. The van der Waals surface area contributed by atoms with E-state index in [4.69, 9.17) is 0 Å². The molecule has 24 heavy (non-hydrogen) atoms. The van der Waals surface area contributed by atoms with Gasteiger partial charge in [0.15, 0.2) is 0 Å². The van der Waals surface area contributed by atoms with Crippen molar-refractivity contribution in [1.82, 2.24) is 4.57 Å². The van der Waals surface area contributed by atoms with Crippen molar-refractivity contribution in [3.63, 3.8) is 0 Å². The predicted octanol–water partition coefficient (Wildman–Crippen LogP) is 4.17. The number of benzene rings is 1. The Morgan fingerprint density at radius 1 is 1.08 bits per heavy atom. The molecule has 3 rings (SSSR count). The highest BCUT2D eigenvalue weighted by Crippen LogP contribution is 2.32. The molecule has 0 atom stereocenters. The first kappa shape index (κ1) is 16.5. The van der Waals surface area contributed by atoms with Crippen LogP contribution in [-0.4, -0.2) is 10.5 Å². The lowest BCUT2D eigenvalue weighted by Gasteiger charge is -2.22. The smallest absolute Gasteiger partial charge is 0.255 e. The zero-order chi connectivity index (χ0) is 16.9. The maximum atomic E-state index is 12.4. The van der Waals surface area contributed by atoms with Gasteiger partial charge >= 0.3 is 0 Å². The number of carbonyl (C=O) groups is 1. The first-order chi connectivity index (χ1) is 11.7. The summed E-state index contributed by atoms with van der Waals surface area (Å²) in [6.07, 6.45) is 8.14. The van der Waals surface area contributed by atoms with E-state index in [2.05, 4.69) is 17.4 Å². The molecule has 0 unspecified atom stereocenters. The fourth-order valence-electron chi connectivity index (χ4n) is 3.40. The molecule has 1 N–H and O–H groups in total. The van der Waals surface area contributed by atoms with Crippen LogP contribution in [0.2, 0.25) is 0 Å². The number of anilines is 1. The lowest BCUT2D eigenvalue weighted by Crippen LogP contribution is -2.19. The number of rotatable bonds is 4. The molecule has 0 bridgehead atoms. The van der Waals surface area contributed by atoms with E-state index in [-0.39, 0.29) is 11.5 Å². The Kier molecular flexibility index (Phi) is 5.14. The summed E-state index contributed by atoms with van der Waals surface area (Å²) in [5.74, 6) is 0.496. The molecular weight excluding hydrogens is 300 g/mol. The van der Waals surface area contributed by atoms with Gasteiger partial charge in [0.2, 0.25) is 0 Å². The van der Waals surface area contributed by atoms with Gasteiger partial charge in [0.1, 0.15) is 0 Å². The fourth-order valence-corrected chi connectivity index (χ4v) is 3.40. The minimum atomic E-state index is -0.147. The van der Waals surface area contributed by atoms with Gasteiger partial charge in [-0.1, -0.05) is 31.4 Å². The summed E-state index contributed by atoms with van der Waals surface area (Å²) in [5.41, 5.74) is 2.56. The van der Waals surface area contributed by atoms with E-state index in [9.17, 15) is 9.59 Å². The molecule has 1 heterocycles. The van der Waals surface area contributed by atoms with Crippen molar-refractivity contribution in [2.24, 2.45) is 0 Å². The summed E-state index contributed by atoms with van der Waals surface area (Å²) in [7, 11) is 0. The molecule has 0 saturated heterocycles. The van der Waals surface area contributed by atoms with Crippen LogP contribution in [0.3, 0.4) is 0 Å². The molecule has 1 amide bonds. The first-order valence-corrected chi connectivity index (χ1v) is 8.79. The van der Waals surface area contributed by atoms with E-state index >= 15 is 0 Å². The Hall–Kier alpha value is -2.36. The minimum absolute atomic E-state index is 0.0627. The molecule has 1 aliphatic carbocycles. The molecule has 126 valence electrons. The normalized spacial score (nSPS) is 15.2. The zero-order valence-corrected chi connectivity index (χ0v) is 14.1. The molecular formula is C20H24N2O2. The molecule has 4 heteroatoms. The van der Waals surface area contributed by atoms with Gasteiger partial charge in [-0.15, -0.1) is 0 Å². The molecule has 1 aliphatic rings. The highest BCUT2D eigenvalue weighted by atomic mass is 16.1. The van der Waals surface area contributed by atoms with Crippen molar-refractivity contribution >= 4 is 11.6 Å². The van der Waals surface area contributed by atoms with E-state index in [1.165, 1.54) is 43.7 Å². The topological polar surface area (TPSA) is 51.1 Å². The third-order valence-corrected chi connectivity index (χ3v) is 4.83. The van der Waals surface area contributed by atoms with E-state index in [0.29, 0.717) is 23.7 Å². The van der Waals surface area contributed by atoms with Gasteiger partial charge < -0.3 is 9.88 Å². The second-order valence-corrected chi connectivity index (χ2v) is 6.45. The van der Waals surface area contributed by atoms with Crippen LogP contribution >= 0.6 is 0 Å².